The van der Waals surface area contributed by atoms with Crippen LogP contribution in [0.15, 0.2) is 35.5 Å². The zero-order valence-electron chi connectivity index (χ0n) is 17.1. The van der Waals surface area contributed by atoms with Crippen molar-refractivity contribution in [1.29, 1.82) is 0 Å². The molecule has 1 aromatic rings. The van der Waals surface area contributed by atoms with Crippen molar-refractivity contribution in [2.24, 2.45) is 5.41 Å². The molecule has 1 aliphatic carbocycles. The van der Waals surface area contributed by atoms with Crippen LogP contribution in [0, 0.1) is 5.41 Å². The molecule has 2 amide bonds. The van der Waals surface area contributed by atoms with E-state index in [-0.39, 0.29) is 25.1 Å². The van der Waals surface area contributed by atoms with E-state index in [1.54, 1.807) is 43.4 Å². The van der Waals surface area contributed by atoms with Gasteiger partial charge in [-0.2, -0.15) is 13.2 Å². The molecule has 30 heavy (non-hydrogen) atoms. The highest BCUT2D eigenvalue weighted by molar-refractivity contribution is 6.13. The maximum absolute atomic E-state index is 14.3. The predicted molar refractivity (Wildman–Crippen MR) is 101 cm³/mol. The lowest BCUT2D eigenvalue weighted by Gasteiger charge is -2.35. The number of methoxy groups -OCH3 is 1. The zero-order valence-corrected chi connectivity index (χ0v) is 17.1. The van der Waals surface area contributed by atoms with Gasteiger partial charge in [-0.25, -0.2) is 0 Å². The van der Waals surface area contributed by atoms with Crippen molar-refractivity contribution >= 4 is 17.6 Å². The third-order valence-electron chi connectivity index (χ3n) is 5.43. The molecule has 2 aliphatic rings. The monoisotopic (exact) mass is 424 g/mol. The minimum Gasteiger partial charge on any atom is -0.496 e. The summed E-state index contributed by atoms with van der Waals surface area (Å²) in [5.41, 5.74) is -4.21. The minimum absolute atomic E-state index is 0.00164. The number of nitrogens with zero attached hydrogens (tertiary/aromatic N) is 1. The Kier molecular flexibility index (Phi) is 5.20. The predicted octanol–water partition coefficient (Wildman–Crippen LogP) is 3.12. The average molecular weight is 424 g/mol. The van der Waals surface area contributed by atoms with Crippen LogP contribution in [-0.4, -0.2) is 41.3 Å². The number of ether oxygens (including phenoxy) is 1. The van der Waals surface area contributed by atoms with Gasteiger partial charge in [0.1, 0.15) is 5.75 Å². The van der Waals surface area contributed by atoms with Crippen molar-refractivity contribution in [3.63, 3.8) is 0 Å². The molecule has 162 valence electrons. The van der Waals surface area contributed by atoms with Crippen molar-refractivity contribution in [3.05, 3.63) is 41.1 Å². The Bertz CT molecular complexity index is 952. The molecule has 6 nitrogen and oxygen atoms in total. The third-order valence-corrected chi connectivity index (χ3v) is 5.43. The van der Waals surface area contributed by atoms with E-state index in [1.807, 2.05) is 0 Å². The number of halogens is 3. The van der Waals surface area contributed by atoms with Gasteiger partial charge >= 0.3 is 6.18 Å². The third kappa shape index (κ3) is 3.36. The second-order valence-electron chi connectivity index (χ2n) is 8.39. The number of alkyl halides is 3. The van der Waals surface area contributed by atoms with E-state index in [0.717, 1.165) is 11.8 Å². The van der Waals surface area contributed by atoms with Crippen LogP contribution in [-0.2, 0) is 20.9 Å². The molecule has 1 aromatic carbocycles. The molecule has 1 atom stereocenters. The highest BCUT2D eigenvalue weighted by Gasteiger charge is 2.71. The van der Waals surface area contributed by atoms with Crippen LogP contribution >= 0.6 is 0 Å². The van der Waals surface area contributed by atoms with E-state index in [0.29, 0.717) is 11.3 Å². The molecule has 1 aliphatic heterocycles. The topological polar surface area (TPSA) is 75.7 Å². The maximum atomic E-state index is 14.3. The van der Waals surface area contributed by atoms with E-state index >= 15 is 0 Å². The van der Waals surface area contributed by atoms with E-state index in [4.69, 9.17) is 4.74 Å². The second-order valence-corrected chi connectivity index (χ2v) is 8.39. The van der Waals surface area contributed by atoms with Gasteiger partial charge in [-0.05, 0) is 17.9 Å². The summed E-state index contributed by atoms with van der Waals surface area (Å²) in [7, 11) is 1.42. The van der Waals surface area contributed by atoms with Crippen LogP contribution in [0.5, 0.6) is 5.75 Å². The normalized spacial score (nSPS) is 23.5. The Balaban J connectivity index is 2.23. The first-order valence-corrected chi connectivity index (χ1v) is 9.40. The SMILES string of the molecule is COc1ccccc1CN1C(=O)C(NC(C)=O)(C(F)(F)F)C2=C1CC(C)(C)CC2=O. The highest BCUT2D eigenvalue weighted by atomic mass is 19.4. The summed E-state index contributed by atoms with van der Waals surface area (Å²) in [6, 6.07) is 6.64. The van der Waals surface area contributed by atoms with Gasteiger partial charge in [-0.3, -0.25) is 14.4 Å². The minimum atomic E-state index is -5.19. The molecule has 0 fully saturated rings. The number of hydrogen-bond acceptors (Lipinski definition) is 4. The van der Waals surface area contributed by atoms with Gasteiger partial charge in [-0.15, -0.1) is 0 Å². The number of ketones is 1. The highest BCUT2D eigenvalue weighted by Crippen LogP contribution is 2.52. The molecule has 3 rings (SSSR count). The standard InChI is InChI=1S/C21H23F3N2O4/c1-12(27)25-20(21(22,23)24)17-14(9-19(2,3)10-15(17)28)26(18(20)29)11-13-7-5-6-8-16(13)30-4/h5-8H,9-11H2,1-4H3,(H,25,27). The van der Waals surface area contributed by atoms with Gasteiger partial charge in [0.25, 0.3) is 5.91 Å². The summed E-state index contributed by atoms with van der Waals surface area (Å²) in [5, 5.41) is 1.78. The first-order valence-electron chi connectivity index (χ1n) is 9.40. The van der Waals surface area contributed by atoms with E-state index in [9.17, 15) is 27.6 Å². The summed E-state index contributed by atoms with van der Waals surface area (Å²) < 4.78 is 48.3. The Labute approximate surface area is 172 Å². The number of Topliss-reactive ketones (excluding diaryl/α,β-unsaturated/α-hetero) is 1. The molecule has 0 saturated carbocycles. The Morgan fingerprint density at radius 2 is 1.83 bits per heavy atom. The van der Waals surface area contributed by atoms with Gasteiger partial charge in [0.15, 0.2) is 5.78 Å². The quantitative estimate of drug-likeness (QED) is 0.806. The smallest absolute Gasteiger partial charge is 0.425 e. The number of allylic oxidation sites excluding steroid dienone is 1. The lowest BCUT2D eigenvalue weighted by atomic mass is 9.72. The molecular formula is C21H23F3N2O4. The lowest BCUT2D eigenvalue weighted by molar-refractivity contribution is -0.194. The Morgan fingerprint density at radius 3 is 2.40 bits per heavy atom. The molecule has 9 heteroatoms. The molecule has 1 N–H and O–H groups in total. The molecule has 0 radical (unpaired) electrons. The number of carbonyl (C=O) groups excluding carboxylic acids is 3. The van der Waals surface area contributed by atoms with Gasteiger partial charge < -0.3 is 15.0 Å². The van der Waals surface area contributed by atoms with E-state index < -0.39 is 40.3 Å². The molecule has 0 aromatic heterocycles. The fourth-order valence-electron chi connectivity index (χ4n) is 4.26. The van der Waals surface area contributed by atoms with Crippen molar-refractivity contribution < 1.29 is 32.3 Å². The van der Waals surface area contributed by atoms with Gasteiger partial charge in [0.05, 0.1) is 19.2 Å². The van der Waals surface area contributed by atoms with E-state index in [2.05, 4.69) is 0 Å². The fraction of sp³-hybridized carbons (Fsp3) is 0.476. The van der Waals surface area contributed by atoms with Crippen molar-refractivity contribution in [2.75, 3.05) is 7.11 Å². The van der Waals surface area contributed by atoms with Crippen LogP contribution in [0.25, 0.3) is 0 Å². The van der Waals surface area contributed by atoms with Crippen LogP contribution in [0.3, 0.4) is 0 Å². The number of nitrogens with one attached hydrogen (secondary N) is 1. The number of benzene rings is 1. The summed E-state index contributed by atoms with van der Waals surface area (Å²) in [5.74, 6) is -2.82. The fourth-order valence-corrected chi connectivity index (χ4v) is 4.26. The zero-order chi connectivity index (χ0) is 22.5. The van der Waals surface area contributed by atoms with Crippen molar-refractivity contribution in [3.8, 4) is 5.75 Å². The number of hydrogen-bond donors (Lipinski definition) is 1. The molecule has 0 bridgehead atoms. The summed E-state index contributed by atoms with van der Waals surface area (Å²) in [4.78, 5) is 38.9. The number of amides is 2. The molecule has 0 spiro atoms. The summed E-state index contributed by atoms with van der Waals surface area (Å²) in [6.07, 6.45) is -5.26. The Morgan fingerprint density at radius 1 is 1.20 bits per heavy atom. The van der Waals surface area contributed by atoms with Crippen LogP contribution in [0.1, 0.15) is 39.2 Å². The molecule has 1 unspecified atom stereocenters. The van der Waals surface area contributed by atoms with Crippen molar-refractivity contribution in [1.82, 2.24) is 10.2 Å². The van der Waals surface area contributed by atoms with Crippen LogP contribution in [0.4, 0.5) is 13.2 Å². The van der Waals surface area contributed by atoms with Gasteiger partial charge in [-0.1, -0.05) is 32.0 Å². The average Bonchev–Trinajstić information content (AvgIpc) is 2.83. The van der Waals surface area contributed by atoms with Gasteiger partial charge in [0.2, 0.25) is 11.4 Å². The summed E-state index contributed by atoms with van der Waals surface area (Å²) >= 11 is 0. The van der Waals surface area contributed by atoms with Crippen molar-refractivity contribution in [2.45, 2.75) is 51.9 Å². The van der Waals surface area contributed by atoms with Crippen LogP contribution in [0.2, 0.25) is 0 Å². The van der Waals surface area contributed by atoms with Crippen LogP contribution < -0.4 is 10.1 Å². The Hall–Kier alpha value is -2.84. The van der Waals surface area contributed by atoms with E-state index in [1.165, 1.54) is 7.11 Å². The lowest BCUT2D eigenvalue weighted by Crippen LogP contribution is -2.65. The first-order chi connectivity index (χ1) is 13.8. The molecule has 1 heterocycles. The first kappa shape index (κ1) is 21.9. The molecular weight excluding hydrogens is 401 g/mol. The number of rotatable bonds is 4. The summed E-state index contributed by atoms with van der Waals surface area (Å²) in [6.45, 7) is 4.18. The largest absolute Gasteiger partial charge is 0.496 e. The number of para-hydroxylation sites is 1. The molecule has 0 saturated heterocycles. The van der Waals surface area contributed by atoms with Gasteiger partial charge in [0, 0.05) is 24.6 Å². The number of carbonyl (C=O) groups is 3. The second kappa shape index (κ2) is 7.14. The maximum Gasteiger partial charge on any atom is 0.425 e.